The first-order valence-electron chi connectivity index (χ1n) is 19.4. The van der Waals surface area contributed by atoms with Gasteiger partial charge in [-0.25, -0.2) is 23.1 Å². The number of hydrogen-bond donors (Lipinski definition) is 1. The second-order valence-corrected chi connectivity index (χ2v) is 18.0. The van der Waals surface area contributed by atoms with Crippen LogP contribution in [0.5, 0.6) is 5.75 Å². The lowest BCUT2D eigenvalue weighted by atomic mass is 9.63. The smallest absolute Gasteiger partial charge is 0.264 e. The molecular weight excluding hydrogens is 724 g/mol. The van der Waals surface area contributed by atoms with E-state index in [4.69, 9.17) is 21.1 Å². The molecule has 13 heteroatoms. The highest BCUT2D eigenvalue weighted by atomic mass is 35.5. The summed E-state index contributed by atoms with van der Waals surface area (Å²) in [5, 5.41) is -0.0860. The lowest BCUT2D eigenvalue weighted by Gasteiger charge is -2.52. The van der Waals surface area contributed by atoms with Gasteiger partial charge in [0.25, 0.3) is 5.91 Å². The monoisotopic (exact) mass is 776 g/mol. The molecule has 0 spiro atoms. The third-order valence-electron chi connectivity index (χ3n) is 12.2. The number of carbonyl (C=O) groups is 1. The largest absolute Gasteiger partial charge is 0.487 e. The summed E-state index contributed by atoms with van der Waals surface area (Å²) in [5.41, 5.74) is 2.78. The Morgan fingerprint density at radius 1 is 0.981 bits per heavy atom. The van der Waals surface area contributed by atoms with Crippen molar-refractivity contribution >= 4 is 39.2 Å². The first-order chi connectivity index (χ1) is 26.0. The zero-order valence-corrected chi connectivity index (χ0v) is 33.2. The summed E-state index contributed by atoms with van der Waals surface area (Å²) < 4.78 is 42.8. The number of methoxy groups -OCH3 is 1. The van der Waals surface area contributed by atoms with Crippen molar-refractivity contribution in [2.24, 2.45) is 17.8 Å². The molecule has 54 heavy (non-hydrogen) atoms. The molecule has 7 rings (SSSR count). The summed E-state index contributed by atoms with van der Waals surface area (Å²) in [6, 6.07) is 13.1. The van der Waals surface area contributed by atoms with Gasteiger partial charge in [-0.15, -0.1) is 0 Å². The molecule has 0 radical (unpaired) electrons. The number of aromatic nitrogens is 2. The number of halogens is 1. The average Bonchev–Trinajstić information content (AvgIpc) is 3.19. The van der Waals surface area contributed by atoms with Crippen molar-refractivity contribution in [2.45, 2.75) is 69.8 Å². The number of anilines is 2. The highest BCUT2D eigenvalue weighted by molar-refractivity contribution is 7.90. The molecule has 1 amide bonds. The van der Waals surface area contributed by atoms with Crippen LogP contribution in [-0.4, -0.2) is 93.0 Å². The van der Waals surface area contributed by atoms with Crippen LogP contribution in [0.15, 0.2) is 67.0 Å². The van der Waals surface area contributed by atoms with Gasteiger partial charge in [0.2, 0.25) is 16.0 Å². The van der Waals surface area contributed by atoms with E-state index in [-0.39, 0.29) is 17.4 Å². The van der Waals surface area contributed by atoms with E-state index < -0.39 is 26.8 Å². The topological polar surface area (TPSA) is 117 Å². The SMILES string of the molecule is CO[C@@]1(CN2CCN(c3ncccn3)CC2)/C=C/C[C@H](C)[C@@H](C)S(=O)(=O)NC(=O)c2ccc3c(c2)N(CCCCc2cc(Cl)ccc2CO3)C[C@@H]2CCC21. The number of nitrogens with zero attached hydrogens (tertiary/aromatic N) is 5. The normalized spacial score (nSPS) is 28.6. The number of aryl methyl sites for hydroxylation is 1. The maximum absolute atomic E-state index is 13.6. The molecule has 2 fully saturated rings. The minimum Gasteiger partial charge on any atom is -0.487 e. The van der Waals surface area contributed by atoms with Gasteiger partial charge < -0.3 is 19.3 Å². The van der Waals surface area contributed by atoms with Crippen LogP contribution in [0.2, 0.25) is 5.02 Å². The highest BCUT2D eigenvalue weighted by Crippen LogP contribution is 2.47. The first kappa shape index (κ1) is 38.6. The van der Waals surface area contributed by atoms with Crippen LogP contribution in [0.1, 0.15) is 67.4 Å². The summed E-state index contributed by atoms with van der Waals surface area (Å²) in [7, 11) is -2.15. The van der Waals surface area contributed by atoms with Gasteiger partial charge in [-0.2, -0.15) is 0 Å². The van der Waals surface area contributed by atoms with Crippen molar-refractivity contribution in [3.63, 3.8) is 0 Å². The number of ether oxygens (including phenoxy) is 2. The van der Waals surface area contributed by atoms with Gasteiger partial charge >= 0.3 is 0 Å². The van der Waals surface area contributed by atoms with Crippen LogP contribution in [0, 0.1) is 17.8 Å². The van der Waals surface area contributed by atoms with Crippen molar-refractivity contribution in [3.8, 4) is 5.75 Å². The van der Waals surface area contributed by atoms with E-state index >= 15 is 0 Å². The molecule has 5 atom stereocenters. The van der Waals surface area contributed by atoms with Crippen LogP contribution < -0.4 is 19.3 Å². The minimum atomic E-state index is -3.97. The maximum Gasteiger partial charge on any atom is 0.264 e. The molecule has 1 aliphatic carbocycles. The summed E-state index contributed by atoms with van der Waals surface area (Å²) in [5.74, 6) is 1.10. The Labute approximate surface area is 325 Å². The molecule has 290 valence electrons. The number of carbonyl (C=O) groups excluding carboxylic acids is 1. The average molecular weight is 777 g/mol. The Morgan fingerprint density at radius 3 is 2.52 bits per heavy atom. The van der Waals surface area contributed by atoms with E-state index in [1.54, 1.807) is 25.4 Å². The fourth-order valence-corrected chi connectivity index (χ4v) is 10.0. The molecule has 2 bridgehead atoms. The maximum atomic E-state index is 13.6. The number of allylic oxidation sites excluding steroid dienone is 1. The van der Waals surface area contributed by atoms with Gasteiger partial charge in [-0.3, -0.25) is 9.69 Å². The number of sulfonamides is 1. The fraction of sp³-hybridized carbons (Fsp3) is 0.537. The lowest BCUT2D eigenvalue weighted by Crippen LogP contribution is -2.58. The molecule has 1 unspecified atom stereocenters. The van der Waals surface area contributed by atoms with Crippen LogP contribution >= 0.6 is 11.6 Å². The predicted octanol–water partition coefficient (Wildman–Crippen LogP) is 6.13. The quantitative estimate of drug-likeness (QED) is 0.311. The third-order valence-corrected chi connectivity index (χ3v) is 14.4. The number of benzene rings is 2. The summed E-state index contributed by atoms with van der Waals surface area (Å²) in [4.78, 5) is 29.6. The van der Waals surface area contributed by atoms with Crippen molar-refractivity contribution in [2.75, 3.05) is 62.7 Å². The molecule has 11 nitrogen and oxygen atoms in total. The molecule has 2 aromatic carbocycles. The molecule has 3 aliphatic heterocycles. The summed E-state index contributed by atoms with van der Waals surface area (Å²) in [6.07, 6.45) is 13.3. The van der Waals surface area contributed by atoms with Crippen molar-refractivity contribution in [1.82, 2.24) is 19.6 Å². The number of nitrogens with one attached hydrogen (secondary N) is 1. The van der Waals surface area contributed by atoms with Gasteiger partial charge in [-0.1, -0.05) is 36.7 Å². The Hall–Kier alpha value is -3.71. The zero-order valence-electron chi connectivity index (χ0n) is 31.6. The van der Waals surface area contributed by atoms with E-state index in [1.165, 1.54) is 5.56 Å². The highest BCUT2D eigenvalue weighted by Gasteiger charge is 2.48. The van der Waals surface area contributed by atoms with Crippen molar-refractivity contribution in [1.29, 1.82) is 0 Å². The number of piperazine rings is 1. The van der Waals surface area contributed by atoms with Crippen LogP contribution in [0.4, 0.5) is 11.6 Å². The number of rotatable bonds is 4. The minimum absolute atomic E-state index is 0.235. The van der Waals surface area contributed by atoms with E-state index in [1.807, 2.05) is 50.4 Å². The van der Waals surface area contributed by atoms with Crippen LogP contribution in [0.25, 0.3) is 0 Å². The molecular formula is C41H53ClN6O5S. The molecule has 3 aromatic rings. The molecule has 4 aliphatic rings. The Bertz CT molecular complexity index is 1920. The van der Waals surface area contributed by atoms with Gasteiger partial charge in [0, 0.05) is 75.9 Å². The molecule has 1 aromatic heterocycles. The van der Waals surface area contributed by atoms with E-state index in [2.05, 4.69) is 41.5 Å². The van der Waals surface area contributed by atoms with E-state index in [9.17, 15) is 13.2 Å². The number of fused-ring (bicyclic) bond motifs is 3. The fourth-order valence-electron chi connectivity index (χ4n) is 8.54. The van der Waals surface area contributed by atoms with Gasteiger partial charge in [0.05, 0.1) is 10.9 Å². The second-order valence-electron chi connectivity index (χ2n) is 15.5. The Kier molecular flexibility index (Phi) is 11.8. The standard InChI is InChI=1S/C41H53ClN6O5S/c1-29-8-6-16-41(52-3,28-46-20-22-47(23-21-46)40-43-17-7-18-44-40)36-14-11-33(36)26-48-19-5-4-9-31-24-35(42)13-10-34(31)27-53-38-15-12-32(25-37(38)48)39(49)45-54(50,51)30(29)2/h6-7,10,12-13,15-18,24-25,29-30,33,36H,4-5,8-9,11,14,19-23,26-28H2,1-3H3,(H,45,49)/b16-6+/t29-,30+,33-,36?,41+/m0/s1. The number of hydrogen-bond acceptors (Lipinski definition) is 10. The third kappa shape index (κ3) is 8.41. The Morgan fingerprint density at radius 2 is 1.78 bits per heavy atom. The molecule has 1 saturated heterocycles. The van der Waals surface area contributed by atoms with Crippen LogP contribution in [-0.2, 0) is 27.8 Å². The van der Waals surface area contributed by atoms with Crippen molar-refractivity contribution in [3.05, 3.63) is 88.7 Å². The Balaban J connectivity index is 1.22. The molecule has 4 heterocycles. The van der Waals surface area contributed by atoms with Gasteiger partial charge in [0.1, 0.15) is 18.0 Å². The van der Waals surface area contributed by atoms with Crippen LogP contribution in [0.3, 0.4) is 0 Å². The summed E-state index contributed by atoms with van der Waals surface area (Å²) >= 11 is 6.41. The van der Waals surface area contributed by atoms with Gasteiger partial charge in [-0.05, 0) is 111 Å². The predicted molar refractivity (Wildman–Crippen MR) is 213 cm³/mol. The first-order valence-corrected chi connectivity index (χ1v) is 21.3. The van der Waals surface area contributed by atoms with E-state index in [0.717, 1.165) is 95.1 Å². The van der Waals surface area contributed by atoms with Crippen molar-refractivity contribution < 1.29 is 22.7 Å². The summed E-state index contributed by atoms with van der Waals surface area (Å²) in [6.45, 7) is 9.56. The molecule has 1 N–H and O–H groups in total. The lowest BCUT2D eigenvalue weighted by molar-refractivity contribution is -0.0919. The molecule has 1 saturated carbocycles. The van der Waals surface area contributed by atoms with Gasteiger partial charge in [0.15, 0.2) is 0 Å². The second kappa shape index (κ2) is 16.6. The zero-order chi connectivity index (χ0) is 37.9. The number of amides is 1. The van der Waals surface area contributed by atoms with E-state index in [0.29, 0.717) is 29.7 Å².